The lowest BCUT2D eigenvalue weighted by atomic mass is 9.73. The van der Waals surface area contributed by atoms with Crippen molar-refractivity contribution < 1.29 is 31.6 Å². The molecule has 1 aliphatic heterocycles. The maximum atomic E-state index is 13.9. The minimum atomic E-state index is -4.03. The molecule has 2 atom stereocenters. The average molecular weight is 512 g/mol. The predicted molar refractivity (Wildman–Crippen MR) is 135 cm³/mol. The molecule has 1 amide bonds. The number of benzene rings is 3. The van der Waals surface area contributed by atoms with Crippen LogP contribution in [0, 0.1) is 0 Å². The summed E-state index contributed by atoms with van der Waals surface area (Å²) in [5.41, 5.74) is 0.359. The van der Waals surface area contributed by atoms with Gasteiger partial charge in [-0.1, -0.05) is 42.5 Å². The minimum absolute atomic E-state index is 0.291. The highest BCUT2D eigenvalue weighted by molar-refractivity contribution is 7.86. The van der Waals surface area contributed by atoms with Crippen LogP contribution in [0.5, 0.6) is 17.2 Å². The van der Waals surface area contributed by atoms with E-state index in [9.17, 15) is 13.2 Å². The molecule has 0 unspecified atom stereocenters. The number of ether oxygens (including phenoxy) is 3. The SMILES string of the molecule is COc1cc(C[C@@H]2N(Cc3ccccc3)C(=O)[C@@]2(OS(C)(=O)=O)c2cccc(OC)c2)cc(OC)c1. The minimum Gasteiger partial charge on any atom is -0.497 e. The van der Waals surface area contributed by atoms with E-state index in [0.29, 0.717) is 35.8 Å². The predicted octanol–water partition coefficient (Wildman–Crippen LogP) is 3.54. The van der Waals surface area contributed by atoms with Crippen LogP contribution in [0.25, 0.3) is 0 Å². The first kappa shape index (κ1) is 25.5. The van der Waals surface area contributed by atoms with Crippen molar-refractivity contribution in [2.75, 3.05) is 27.6 Å². The fourth-order valence-electron chi connectivity index (χ4n) is 4.62. The smallest absolute Gasteiger partial charge is 0.265 e. The molecule has 3 aromatic carbocycles. The molecule has 0 N–H and O–H groups in total. The van der Waals surface area contributed by atoms with Gasteiger partial charge >= 0.3 is 0 Å². The van der Waals surface area contributed by atoms with Gasteiger partial charge in [0.05, 0.1) is 33.6 Å². The van der Waals surface area contributed by atoms with E-state index in [1.54, 1.807) is 49.5 Å². The zero-order chi connectivity index (χ0) is 25.9. The Morgan fingerprint density at radius 2 is 1.44 bits per heavy atom. The molecule has 3 aromatic rings. The molecule has 0 aromatic heterocycles. The van der Waals surface area contributed by atoms with Crippen LogP contribution in [0.2, 0.25) is 0 Å². The van der Waals surface area contributed by atoms with E-state index >= 15 is 0 Å². The van der Waals surface area contributed by atoms with Crippen LogP contribution in [0.3, 0.4) is 0 Å². The largest absolute Gasteiger partial charge is 0.497 e. The molecular weight excluding hydrogens is 482 g/mol. The molecule has 1 fully saturated rings. The lowest BCUT2D eigenvalue weighted by molar-refractivity contribution is -0.189. The third-order valence-electron chi connectivity index (χ3n) is 6.24. The average Bonchev–Trinajstić information content (AvgIpc) is 2.89. The van der Waals surface area contributed by atoms with Crippen LogP contribution in [0.15, 0.2) is 72.8 Å². The lowest BCUT2D eigenvalue weighted by Gasteiger charge is -2.55. The van der Waals surface area contributed by atoms with Crippen LogP contribution in [-0.4, -0.2) is 52.9 Å². The highest BCUT2D eigenvalue weighted by Gasteiger charge is 2.64. The zero-order valence-corrected chi connectivity index (χ0v) is 21.4. The Labute approximate surface area is 211 Å². The van der Waals surface area contributed by atoms with E-state index in [2.05, 4.69) is 0 Å². The fourth-order valence-corrected chi connectivity index (χ4v) is 5.38. The number of hydrogen-bond acceptors (Lipinski definition) is 7. The second kappa shape index (κ2) is 10.2. The van der Waals surface area contributed by atoms with E-state index in [1.165, 1.54) is 7.11 Å². The second-order valence-corrected chi connectivity index (χ2v) is 10.2. The first-order valence-corrected chi connectivity index (χ1v) is 13.1. The Morgan fingerprint density at radius 1 is 0.806 bits per heavy atom. The standard InChI is InChI=1S/C27H29NO7S/c1-32-22-12-8-11-21(16-22)27(35-36(4,30)31)25(15-20-13-23(33-2)17-24(14-20)34-3)28(26(27)29)18-19-9-6-5-7-10-19/h5-14,16-17,25H,15,18H2,1-4H3/t25-,27+/m0/s1. The molecule has 190 valence electrons. The molecule has 0 spiro atoms. The van der Waals surface area contributed by atoms with Crippen molar-refractivity contribution in [3.8, 4) is 17.2 Å². The van der Waals surface area contributed by atoms with Crippen molar-refractivity contribution in [1.82, 2.24) is 4.90 Å². The summed E-state index contributed by atoms with van der Waals surface area (Å²) in [6, 6.07) is 21.1. The molecule has 0 bridgehead atoms. The molecule has 0 radical (unpaired) electrons. The summed E-state index contributed by atoms with van der Waals surface area (Å²) in [6.07, 6.45) is 1.24. The maximum absolute atomic E-state index is 13.9. The van der Waals surface area contributed by atoms with Crippen molar-refractivity contribution in [2.45, 2.75) is 24.6 Å². The summed E-state index contributed by atoms with van der Waals surface area (Å²) in [4.78, 5) is 15.5. The number of rotatable bonds is 10. The number of methoxy groups -OCH3 is 3. The molecule has 0 saturated carbocycles. The number of carbonyl (C=O) groups excluding carboxylic acids is 1. The van der Waals surface area contributed by atoms with Gasteiger partial charge in [-0.3, -0.25) is 4.79 Å². The number of hydrogen-bond donors (Lipinski definition) is 0. The van der Waals surface area contributed by atoms with Crippen LogP contribution < -0.4 is 14.2 Å². The molecule has 1 heterocycles. The number of nitrogens with zero attached hydrogens (tertiary/aromatic N) is 1. The van der Waals surface area contributed by atoms with E-state index < -0.39 is 27.7 Å². The maximum Gasteiger partial charge on any atom is 0.265 e. The first-order chi connectivity index (χ1) is 17.2. The van der Waals surface area contributed by atoms with Gasteiger partial charge in [-0.2, -0.15) is 8.42 Å². The van der Waals surface area contributed by atoms with Crippen LogP contribution in [-0.2, 0) is 37.7 Å². The summed E-state index contributed by atoms with van der Waals surface area (Å²) < 4.78 is 46.9. The molecule has 1 aliphatic rings. The van der Waals surface area contributed by atoms with Gasteiger partial charge in [0.2, 0.25) is 5.60 Å². The fraction of sp³-hybridized carbons (Fsp3) is 0.296. The molecule has 0 aliphatic carbocycles. The van der Waals surface area contributed by atoms with E-state index in [1.807, 2.05) is 42.5 Å². The number of amides is 1. The lowest BCUT2D eigenvalue weighted by Crippen LogP contribution is -2.73. The molecule has 9 heteroatoms. The van der Waals surface area contributed by atoms with E-state index in [4.69, 9.17) is 18.4 Å². The summed E-state index contributed by atoms with van der Waals surface area (Å²) >= 11 is 0. The normalized spacial score (nSPS) is 19.5. The van der Waals surface area contributed by atoms with Crippen molar-refractivity contribution in [3.63, 3.8) is 0 Å². The third-order valence-corrected chi connectivity index (χ3v) is 6.81. The quantitative estimate of drug-likeness (QED) is 0.304. The van der Waals surface area contributed by atoms with Gasteiger partial charge in [-0.25, -0.2) is 4.18 Å². The number of likely N-dealkylation sites (tertiary alicyclic amines) is 1. The van der Waals surface area contributed by atoms with Gasteiger partial charge in [-0.15, -0.1) is 0 Å². The highest BCUT2D eigenvalue weighted by atomic mass is 32.2. The first-order valence-electron chi connectivity index (χ1n) is 11.3. The van der Waals surface area contributed by atoms with Crippen LogP contribution >= 0.6 is 0 Å². The zero-order valence-electron chi connectivity index (χ0n) is 20.6. The highest BCUT2D eigenvalue weighted by Crippen LogP contribution is 2.47. The Bertz CT molecular complexity index is 1320. The van der Waals surface area contributed by atoms with Crippen molar-refractivity contribution in [3.05, 3.63) is 89.5 Å². The molecule has 36 heavy (non-hydrogen) atoms. The van der Waals surface area contributed by atoms with Crippen LogP contribution in [0.1, 0.15) is 16.7 Å². The number of carbonyl (C=O) groups is 1. The molecule has 1 saturated heterocycles. The molecular formula is C27H29NO7S. The molecule has 4 rings (SSSR count). The van der Waals surface area contributed by atoms with Gasteiger partial charge in [0.15, 0.2) is 0 Å². The Kier molecular flexibility index (Phi) is 7.23. The third kappa shape index (κ3) is 5.03. The topological polar surface area (TPSA) is 91.4 Å². The number of β-lactam (4-membered cyclic amide) rings is 1. The van der Waals surface area contributed by atoms with E-state index in [0.717, 1.165) is 17.4 Å². The van der Waals surface area contributed by atoms with Crippen molar-refractivity contribution in [2.24, 2.45) is 0 Å². The van der Waals surface area contributed by atoms with Crippen molar-refractivity contribution >= 4 is 16.0 Å². The van der Waals surface area contributed by atoms with E-state index in [-0.39, 0.29) is 0 Å². The van der Waals surface area contributed by atoms with Gasteiger partial charge < -0.3 is 19.1 Å². The van der Waals surface area contributed by atoms with Gasteiger partial charge in [0.25, 0.3) is 16.0 Å². The van der Waals surface area contributed by atoms with Gasteiger partial charge in [0, 0.05) is 18.2 Å². The van der Waals surface area contributed by atoms with Gasteiger partial charge in [0.1, 0.15) is 17.2 Å². The Balaban J connectivity index is 1.85. The summed E-state index contributed by atoms with van der Waals surface area (Å²) in [5.74, 6) is 1.21. The summed E-state index contributed by atoms with van der Waals surface area (Å²) in [6.45, 7) is 0.296. The summed E-state index contributed by atoms with van der Waals surface area (Å²) in [7, 11) is 0.591. The Hall–Kier alpha value is -3.56. The van der Waals surface area contributed by atoms with Crippen molar-refractivity contribution in [1.29, 1.82) is 0 Å². The monoisotopic (exact) mass is 511 g/mol. The van der Waals surface area contributed by atoms with Crippen LogP contribution in [0.4, 0.5) is 0 Å². The van der Waals surface area contributed by atoms with Gasteiger partial charge in [-0.05, 0) is 41.8 Å². The Morgan fingerprint density at radius 3 is 2.03 bits per heavy atom. The second-order valence-electron chi connectivity index (χ2n) is 8.61. The summed E-state index contributed by atoms with van der Waals surface area (Å²) in [5, 5.41) is 0. The molecule has 8 nitrogen and oxygen atoms in total.